The summed E-state index contributed by atoms with van der Waals surface area (Å²) >= 11 is 0. The second-order valence-corrected chi connectivity index (χ2v) is 6.61. The summed E-state index contributed by atoms with van der Waals surface area (Å²) in [5.41, 5.74) is 0.0295. The van der Waals surface area contributed by atoms with Gasteiger partial charge in [0.25, 0.3) is 5.56 Å². The lowest BCUT2D eigenvalue weighted by molar-refractivity contribution is 0.161. The van der Waals surface area contributed by atoms with E-state index in [1.807, 2.05) is 0 Å². The first-order valence-electron chi connectivity index (χ1n) is 8.33. The van der Waals surface area contributed by atoms with Gasteiger partial charge in [0, 0.05) is 24.7 Å². The van der Waals surface area contributed by atoms with Crippen LogP contribution in [0.5, 0.6) is 0 Å². The molecule has 122 valence electrons. The molecule has 3 heterocycles. The van der Waals surface area contributed by atoms with Gasteiger partial charge in [0.1, 0.15) is 0 Å². The summed E-state index contributed by atoms with van der Waals surface area (Å²) in [5.74, 6) is 2.65. The van der Waals surface area contributed by atoms with Gasteiger partial charge in [0.2, 0.25) is 5.89 Å². The third-order valence-electron chi connectivity index (χ3n) is 4.73. The minimum absolute atomic E-state index is 0.0295. The lowest BCUT2D eigenvalue weighted by atomic mass is 9.96. The normalized spacial score (nSPS) is 20.0. The Morgan fingerprint density at radius 2 is 2.04 bits per heavy atom. The Balaban J connectivity index is 1.28. The number of nitrogens with zero attached hydrogens (tertiary/aromatic N) is 5. The van der Waals surface area contributed by atoms with Crippen molar-refractivity contribution in [3.63, 3.8) is 0 Å². The van der Waals surface area contributed by atoms with Gasteiger partial charge in [-0.25, -0.2) is 4.98 Å². The van der Waals surface area contributed by atoms with Crippen molar-refractivity contribution in [3.05, 3.63) is 40.7 Å². The Kier molecular flexibility index (Phi) is 3.95. The monoisotopic (exact) mass is 315 g/mol. The lowest BCUT2D eigenvalue weighted by Crippen LogP contribution is -2.36. The molecule has 0 spiro atoms. The predicted octanol–water partition coefficient (Wildman–Crippen LogP) is 1.42. The van der Waals surface area contributed by atoms with E-state index < -0.39 is 0 Å². The number of likely N-dealkylation sites (tertiary alicyclic amines) is 1. The molecule has 2 aliphatic rings. The molecule has 0 N–H and O–H groups in total. The number of hydrogen-bond donors (Lipinski definition) is 0. The maximum absolute atomic E-state index is 11.7. The fraction of sp³-hybridized carbons (Fsp3) is 0.625. The van der Waals surface area contributed by atoms with Gasteiger partial charge in [-0.2, -0.15) is 4.98 Å². The molecule has 0 aromatic carbocycles. The van der Waals surface area contributed by atoms with Crippen LogP contribution in [0.25, 0.3) is 0 Å². The molecule has 0 amide bonds. The van der Waals surface area contributed by atoms with Crippen molar-refractivity contribution in [2.75, 3.05) is 13.1 Å². The van der Waals surface area contributed by atoms with Crippen molar-refractivity contribution in [1.82, 2.24) is 24.6 Å². The minimum atomic E-state index is 0.0295. The first kappa shape index (κ1) is 14.6. The average molecular weight is 315 g/mol. The maximum atomic E-state index is 11.7. The maximum Gasteiger partial charge on any atom is 0.253 e. The lowest BCUT2D eigenvalue weighted by Gasteiger charge is -2.31. The van der Waals surface area contributed by atoms with Crippen molar-refractivity contribution in [2.24, 2.45) is 5.92 Å². The van der Waals surface area contributed by atoms with Crippen LogP contribution >= 0.6 is 0 Å². The van der Waals surface area contributed by atoms with Crippen LogP contribution < -0.4 is 5.56 Å². The van der Waals surface area contributed by atoms with Gasteiger partial charge in [-0.3, -0.25) is 14.3 Å². The molecule has 0 atom stereocenters. The first-order chi connectivity index (χ1) is 11.3. The van der Waals surface area contributed by atoms with Gasteiger partial charge in [0.15, 0.2) is 5.82 Å². The molecule has 1 saturated carbocycles. The fourth-order valence-corrected chi connectivity index (χ4v) is 3.15. The van der Waals surface area contributed by atoms with E-state index >= 15 is 0 Å². The van der Waals surface area contributed by atoms with Gasteiger partial charge in [-0.1, -0.05) is 5.16 Å². The Labute approximate surface area is 134 Å². The summed E-state index contributed by atoms with van der Waals surface area (Å²) in [6.45, 7) is 3.53. The number of hydrogen-bond acceptors (Lipinski definition) is 6. The van der Waals surface area contributed by atoms with E-state index in [1.165, 1.54) is 18.9 Å². The van der Waals surface area contributed by atoms with Crippen LogP contribution in [0.4, 0.5) is 0 Å². The number of rotatable bonds is 5. The molecule has 4 rings (SSSR count). The molecule has 2 aromatic rings. The topological polar surface area (TPSA) is 77.0 Å². The fourth-order valence-electron chi connectivity index (χ4n) is 3.15. The Morgan fingerprint density at radius 1 is 1.22 bits per heavy atom. The van der Waals surface area contributed by atoms with E-state index in [9.17, 15) is 4.79 Å². The molecule has 1 aliphatic carbocycles. The number of piperidine rings is 1. The van der Waals surface area contributed by atoms with Crippen molar-refractivity contribution >= 4 is 0 Å². The third kappa shape index (κ3) is 3.50. The molecule has 7 nitrogen and oxygen atoms in total. The molecule has 0 unspecified atom stereocenters. The van der Waals surface area contributed by atoms with E-state index in [0.717, 1.165) is 50.7 Å². The highest BCUT2D eigenvalue weighted by molar-refractivity contribution is 5.01. The van der Waals surface area contributed by atoms with Crippen molar-refractivity contribution in [2.45, 2.75) is 44.7 Å². The van der Waals surface area contributed by atoms with Crippen LogP contribution in [0.3, 0.4) is 0 Å². The Hall–Kier alpha value is -2.02. The van der Waals surface area contributed by atoms with Crippen LogP contribution in [0, 0.1) is 5.92 Å². The second-order valence-electron chi connectivity index (χ2n) is 6.61. The summed E-state index contributed by atoms with van der Waals surface area (Å²) < 4.78 is 7.02. The number of aromatic nitrogens is 4. The summed E-state index contributed by atoms with van der Waals surface area (Å²) in [6, 6.07) is 1.52. The highest BCUT2D eigenvalue weighted by Crippen LogP contribution is 2.38. The Morgan fingerprint density at radius 3 is 2.78 bits per heavy atom. The molecular weight excluding hydrogens is 294 g/mol. The zero-order valence-corrected chi connectivity index (χ0v) is 13.1. The van der Waals surface area contributed by atoms with E-state index in [-0.39, 0.29) is 5.56 Å². The minimum Gasteiger partial charge on any atom is -0.339 e. The Bertz CT molecular complexity index is 713. The van der Waals surface area contributed by atoms with Gasteiger partial charge in [-0.05, 0) is 44.7 Å². The molecule has 2 fully saturated rings. The van der Waals surface area contributed by atoms with E-state index in [1.54, 1.807) is 17.1 Å². The standard InChI is InChI=1S/C16H21N5O2/c22-15-3-6-17-11-21(15)9-12-4-7-20(8-5-12)10-14-18-16(23-19-14)13-1-2-13/h3,6,11-13H,1-2,4-5,7-10H2. The summed E-state index contributed by atoms with van der Waals surface area (Å²) in [6.07, 6.45) is 7.69. The van der Waals surface area contributed by atoms with E-state index in [2.05, 4.69) is 20.0 Å². The van der Waals surface area contributed by atoms with Crippen molar-refractivity contribution in [1.29, 1.82) is 0 Å². The molecule has 7 heteroatoms. The first-order valence-corrected chi connectivity index (χ1v) is 8.33. The molecular formula is C16H21N5O2. The molecule has 0 radical (unpaired) electrons. The molecule has 1 saturated heterocycles. The SMILES string of the molecule is O=c1ccncn1CC1CCN(Cc2noc(C3CC3)n2)CC1. The van der Waals surface area contributed by atoms with Gasteiger partial charge >= 0.3 is 0 Å². The summed E-state index contributed by atoms with van der Waals surface area (Å²) in [4.78, 5) is 22.6. The predicted molar refractivity (Wildman–Crippen MR) is 82.8 cm³/mol. The highest BCUT2D eigenvalue weighted by atomic mass is 16.5. The van der Waals surface area contributed by atoms with Crippen LogP contribution in [0.1, 0.15) is 43.3 Å². The summed E-state index contributed by atoms with van der Waals surface area (Å²) in [5, 5.41) is 4.09. The van der Waals surface area contributed by atoms with Crippen LogP contribution in [0.15, 0.2) is 27.9 Å². The van der Waals surface area contributed by atoms with E-state index in [0.29, 0.717) is 11.8 Å². The summed E-state index contributed by atoms with van der Waals surface area (Å²) in [7, 11) is 0. The zero-order chi connectivity index (χ0) is 15.6. The third-order valence-corrected chi connectivity index (χ3v) is 4.73. The van der Waals surface area contributed by atoms with E-state index in [4.69, 9.17) is 4.52 Å². The average Bonchev–Trinajstić information content (AvgIpc) is 3.32. The van der Waals surface area contributed by atoms with Crippen molar-refractivity contribution in [3.8, 4) is 0 Å². The van der Waals surface area contributed by atoms with Crippen molar-refractivity contribution < 1.29 is 4.52 Å². The van der Waals surface area contributed by atoms with Gasteiger partial charge in [0.05, 0.1) is 12.9 Å². The van der Waals surface area contributed by atoms with Gasteiger partial charge in [-0.15, -0.1) is 0 Å². The van der Waals surface area contributed by atoms with Crippen LogP contribution in [0.2, 0.25) is 0 Å². The second kappa shape index (κ2) is 6.23. The smallest absolute Gasteiger partial charge is 0.253 e. The zero-order valence-electron chi connectivity index (χ0n) is 13.1. The highest BCUT2D eigenvalue weighted by Gasteiger charge is 2.30. The molecule has 0 bridgehead atoms. The largest absolute Gasteiger partial charge is 0.339 e. The quantitative estimate of drug-likeness (QED) is 0.830. The molecule has 1 aliphatic heterocycles. The van der Waals surface area contributed by atoms with Gasteiger partial charge < -0.3 is 4.52 Å². The van der Waals surface area contributed by atoms with Crippen LogP contribution in [-0.2, 0) is 13.1 Å². The van der Waals surface area contributed by atoms with Crippen LogP contribution in [-0.4, -0.2) is 37.7 Å². The molecule has 23 heavy (non-hydrogen) atoms. The molecule has 2 aromatic heterocycles.